The number of nitrogens with one attached hydrogen (secondary N) is 4. The van der Waals surface area contributed by atoms with Gasteiger partial charge in [-0.25, -0.2) is 10.0 Å². The van der Waals surface area contributed by atoms with Crippen molar-refractivity contribution in [2.24, 2.45) is 10.2 Å². The van der Waals surface area contributed by atoms with Crippen molar-refractivity contribution >= 4 is 47.1 Å². The lowest BCUT2D eigenvalue weighted by Gasteiger charge is -2.35. The molecule has 0 amide bonds. The van der Waals surface area contributed by atoms with Crippen molar-refractivity contribution in [1.29, 1.82) is 0 Å². The lowest BCUT2D eigenvalue weighted by molar-refractivity contribution is 0.0936. The van der Waals surface area contributed by atoms with Crippen molar-refractivity contribution in [2.45, 2.75) is 0 Å². The Morgan fingerprint density at radius 2 is 1.09 bits per heavy atom. The van der Waals surface area contributed by atoms with Crippen molar-refractivity contribution in [1.82, 2.24) is 31.7 Å². The molecule has 0 spiro atoms. The number of para-hydroxylation sites is 2. The predicted molar refractivity (Wildman–Crippen MR) is 132 cm³/mol. The summed E-state index contributed by atoms with van der Waals surface area (Å²) in [7, 11) is 0. The molecule has 2 aromatic carbocycles. The third-order valence-electron chi connectivity index (χ3n) is 4.41. The predicted octanol–water partition coefficient (Wildman–Crippen LogP) is 0.842. The highest BCUT2D eigenvalue weighted by molar-refractivity contribution is 7.80. The highest BCUT2D eigenvalue weighted by Crippen LogP contribution is 2.13. The molecule has 2 aromatic rings. The van der Waals surface area contributed by atoms with Crippen molar-refractivity contribution in [2.75, 3.05) is 26.2 Å². The molecular formula is C20H24N8O2S2. The maximum Gasteiger partial charge on any atom is 0.201 e. The van der Waals surface area contributed by atoms with Gasteiger partial charge in [0.2, 0.25) is 10.2 Å². The summed E-state index contributed by atoms with van der Waals surface area (Å²) in [5, 5.41) is 32.2. The highest BCUT2D eigenvalue weighted by Gasteiger charge is 2.17. The van der Waals surface area contributed by atoms with Crippen LogP contribution in [0.4, 0.5) is 0 Å². The molecule has 0 saturated carbocycles. The van der Waals surface area contributed by atoms with Crippen LogP contribution in [0.1, 0.15) is 11.1 Å². The minimum absolute atomic E-state index is 0.150. The van der Waals surface area contributed by atoms with Gasteiger partial charge in [0, 0.05) is 37.3 Å². The van der Waals surface area contributed by atoms with E-state index < -0.39 is 0 Å². The van der Waals surface area contributed by atoms with E-state index in [-0.39, 0.29) is 11.5 Å². The molecule has 0 aliphatic carbocycles. The zero-order valence-corrected chi connectivity index (χ0v) is 18.7. The van der Waals surface area contributed by atoms with Gasteiger partial charge in [-0.2, -0.15) is 10.2 Å². The maximum absolute atomic E-state index is 9.72. The van der Waals surface area contributed by atoms with E-state index >= 15 is 0 Å². The number of hydrazone groups is 2. The summed E-state index contributed by atoms with van der Waals surface area (Å²) in [4.78, 5) is 0. The van der Waals surface area contributed by atoms with Crippen LogP contribution in [0.2, 0.25) is 0 Å². The van der Waals surface area contributed by atoms with E-state index in [0.29, 0.717) is 47.5 Å². The fraction of sp³-hybridized carbons (Fsp3) is 0.200. The van der Waals surface area contributed by atoms with Crippen LogP contribution in [0, 0.1) is 0 Å². The number of benzene rings is 2. The molecule has 0 aromatic heterocycles. The molecule has 0 radical (unpaired) electrons. The third-order valence-corrected chi connectivity index (χ3v) is 4.78. The number of hydrazine groups is 2. The van der Waals surface area contributed by atoms with Crippen LogP contribution < -0.4 is 21.7 Å². The van der Waals surface area contributed by atoms with Crippen LogP contribution in [0.5, 0.6) is 11.5 Å². The van der Waals surface area contributed by atoms with E-state index in [4.69, 9.17) is 24.4 Å². The summed E-state index contributed by atoms with van der Waals surface area (Å²) < 4.78 is 0. The monoisotopic (exact) mass is 472 g/mol. The number of hydrogen-bond acceptors (Lipinski definition) is 8. The molecule has 0 bridgehead atoms. The van der Waals surface area contributed by atoms with Crippen LogP contribution in [0.15, 0.2) is 58.7 Å². The molecule has 12 heteroatoms. The average molecular weight is 473 g/mol. The number of phenolic OH excluding ortho intramolecular Hbond substituents is 2. The summed E-state index contributed by atoms with van der Waals surface area (Å²) in [6, 6.07) is 13.8. The fourth-order valence-corrected chi connectivity index (χ4v) is 3.15. The summed E-state index contributed by atoms with van der Waals surface area (Å²) in [5.74, 6) is 0.300. The number of phenols is 2. The Kier molecular flexibility index (Phi) is 8.69. The quantitative estimate of drug-likeness (QED) is 0.205. The van der Waals surface area contributed by atoms with E-state index in [9.17, 15) is 10.2 Å². The van der Waals surface area contributed by atoms with Crippen molar-refractivity contribution in [3.63, 3.8) is 0 Å². The second-order valence-corrected chi connectivity index (χ2v) is 7.53. The molecule has 1 aliphatic heterocycles. The molecule has 1 fully saturated rings. The second-order valence-electron chi connectivity index (χ2n) is 6.71. The van der Waals surface area contributed by atoms with Crippen LogP contribution in [-0.4, -0.2) is 69.1 Å². The highest BCUT2D eigenvalue weighted by atomic mass is 32.1. The van der Waals surface area contributed by atoms with Crippen molar-refractivity contribution in [3.05, 3.63) is 59.7 Å². The summed E-state index contributed by atoms with van der Waals surface area (Å²) in [5.41, 5.74) is 12.8. The zero-order chi connectivity index (χ0) is 22.8. The first-order valence-corrected chi connectivity index (χ1v) is 10.6. The van der Waals surface area contributed by atoms with Crippen LogP contribution in [0.3, 0.4) is 0 Å². The molecule has 1 aliphatic rings. The van der Waals surface area contributed by atoms with Gasteiger partial charge in [0.05, 0.1) is 12.4 Å². The van der Waals surface area contributed by atoms with Gasteiger partial charge in [0.25, 0.3) is 0 Å². The van der Waals surface area contributed by atoms with E-state index in [2.05, 4.69) is 31.9 Å². The Hall–Kier alpha value is -3.32. The normalized spacial score (nSPS) is 15.0. The van der Waals surface area contributed by atoms with Gasteiger partial charge in [-0.15, -0.1) is 0 Å². The molecule has 32 heavy (non-hydrogen) atoms. The SMILES string of the molecule is Oc1ccccc1C=NNC(=S)NN1CCN(NC(=S)NN=Cc2ccccc2O)CC1. The Morgan fingerprint density at radius 1 is 0.719 bits per heavy atom. The number of aromatic hydroxyl groups is 2. The molecule has 10 nitrogen and oxygen atoms in total. The van der Waals surface area contributed by atoms with Crippen molar-refractivity contribution < 1.29 is 10.2 Å². The lowest BCUT2D eigenvalue weighted by Crippen LogP contribution is -2.59. The van der Waals surface area contributed by atoms with Gasteiger partial charge >= 0.3 is 0 Å². The molecule has 1 saturated heterocycles. The Balaban J connectivity index is 1.34. The first-order valence-electron chi connectivity index (χ1n) is 9.76. The standard InChI is InChI=1S/C20H24N8O2S2/c29-17-7-3-1-5-15(17)13-21-23-19(31)25-27-9-11-28(12-10-27)26-20(32)24-22-14-16-6-2-4-8-18(16)30/h1-8,13-14,29-30H,9-12H2,(H2,23,25,31)(H2,24,26,32). The molecule has 0 unspecified atom stereocenters. The van der Waals surface area contributed by atoms with E-state index in [0.717, 1.165) is 0 Å². The third kappa shape index (κ3) is 7.42. The van der Waals surface area contributed by atoms with Crippen LogP contribution in [0.25, 0.3) is 0 Å². The van der Waals surface area contributed by atoms with Gasteiger partial charge < -0.3 is 10.2 Å². The minimum atomic E-state index is 0.150. The van der Waals surface area contributed by atoms with Gasteiger partial charge in [-0.1, -0.05) is 24.3 Å². The summed E-state index contributed by atoms with van der Waals surface area (Å²) in [6.45, 7) is 2.78. The molecule has 3 rings (SSSR count). The lowest BCUT2D eigenvalue weighted by atomic mass is 10.2. The average Bonchev–Trinajstić information content (AvgIpc) is 2.78. The van der Waals surface area contributed by atoms with Gasteiger partial charge in [-0.05, 0) is 48.7 Å². The van der Waals surface area contributed by atoms with E-state index in [1.165, 1.54) is 12.4 Å². The summed E-state index contributed by atoms with van der Waals surface area (Å²) in [6.07, 6.45) is 3.00. The minimum Gasteiger partial charge on any atom is -0.507 e. The van der Waals surface area contributed by atoms with Crippen LogP contribution in [-0.2, 0) is 0 Å². The number of thiocarbonyl (C=S) groups is 2. The molecular weight excluding hydrogens is 448 g/mol. The largest absolute Gasteiger partial charge is 0.507 e. The van der Waals surface area contributed by atoms with Crippen LogP contribution >= 0.6 is 24.4 Å². The molecule has 1 heterocycles. The Morgan fingerprint density at radius 3 is 1.47 bits per heavy atom. The first kappa shape index (κ1) is 23.3. The van der Waals surface area contributed by atoms with E-state index in [1.807, 2.05) is 22.2 Å². The summed E-state index contributed by atoms with van der Waals surface area (Å²) >= 11 is 10.5. The number of nitrogens with zero attached hydrogens (tertiary/aromatic N) is 4. The topological polar surface area (TPSA) is 120 Å². The van der Waals surface area contributed by atoms with Gasteiger partial charge in [0.1, 0.15) is 11.5 Å². The Bertz CT molecular complexity index is 914. The number of piperazine rings is 1. The van der Waals surface area contributed by atoms with Crippen molar-refractivity contribution in [3.8, 4) is 11.5 Å². The molecule has 6 N–H and O–H groups in total. The zero-order valence-electron chi connectivity index (χ0n) is 17.1. The Labute approximate surface area is 196 Å². The van der Waals surface area contributed by atoms with Gasteiger partial charge in [-0.3, -0.25) is 21.7 Å². The van der Waals surface area contributed by atoms with Gasteiger partial charge in [0.15, 0.2) is 0 Å². The second kappa shape index (κ2) is 11.9. The number of hydrogen-bond donors (Lipinski definition) is 6. The smallest absolute Gasteiger partial charge is 0.201 e. The first-order chi connectivity index (χ1) is 15.5. The van der Waals surface area contributed by atoms with E-state index in [1.54, 1.807) is 36.4 Å². The molecule has 168 valence electrons. The molecule has 0 atom stereocenters. The fourth-order valence-electron chi connectivity index (χ4n) is 2.78. The number of rotatable bonds is 6. The maximum atomic E-state index is 9.72.